The topological polar surface area (TPSA) is 0 Å². The fourth-order valence-corrected chi connectivity index (χ4v) is 2.25. The van der Waals surface area contributed by atoms with Gasteiger partial charge in [0.05, 0.1) is 0 Å². The van der Waals surface area contributed by atoms with Crippen molar-refractivity contribution in [2.45, 2.75) is 32.6 Å². The molecule has 0 unspecified atom stereocenters. The highest BCUT2D eigenvalue weighted by Gasteiger charge is 2.20. The van der Waals surface area contributed by atoms with E-state index in [0.717, 1.165) is 0 Å². The number of hydrogen-bond donors (Lipinski definition) is 0. The minimum Gasteiger partial charge on any atom is -0.418 e. The molecule has 0 N–H and O–H groups in total. The monoisotopic (exact) mass is 268 g/mol. The molecule has 0 heterocycles. The third-order valence-electron chi connectivity index (χ3n) is 2.69. The van der Waals surface area contributed by atoms with Crippen LogP contribution in [0.15, 0.2) is 11.0 Å². The Bertz CT molecular complexity index is 382. The molecule has 1 aromatic rings. The van der Waals surface area contributed by atoms with Crippen molar-refractivity contribution in [3.63, 3.8) is 0 Å². The molecule has 0 aromatic heterocycles. The van der Waals surface area contributed by atoms with Crippen LogP contribution in [0.25, 0.3) is 0 Å². The number of benzene rings is 1. The molecule has 0 aliphatic rings. The molecule has 0 nitrogen and oxygen atoms in total. The summed E-state index contributed by atoms with van der Waals surface area (Å²) in [5, 5.41) is 0. The number of rotatable bonds is 1. The van der Waals surface area contributed by atoms with Crippen molar-refractivity contribution >= 4 is 19.0 Å². The Morgan fingerprint density at radius 3 is 1.65 bits per heavy atom. The standard InChI is InChI=1S/C11H16S.BF4/c1-7-6-11(12-5)10(4)9(3)8(7)2;2-1(3,4)5/h6H,1-5H3;/q;-1/p+1. The van der Waals surface area contributed by atoms with Gasteiger partial charge in [-0.05, 0) is 50.5 Å². The Kier molecular flexibility index (Phi) is 6.09. The van der Waals surface area contributed by atoms with Crippen molar-refractivity contribution in [3.05, 3.63) is 28.3 Å². The fourth-order valence-electron chi connectivity index (χ4n) is 1.42. The highest BCUT2D eigenvalue weighted by atomic mass is 32.2. The van der Waals surface area contributed by atoms with Crippen molar-refractivity contribution in [1.82, 2.24) is 0 Å². The normalized spacial score (nSPS) is 10.9. The minimum absolute atomic E-state index is 1.38. The molecule has 0 aliphatic heterocycles. The Morgan fingerprint density at radius 1 is 0.882 bits per heavy atom. The lowest BCUT2D eigenvalue weighted by Gasteiger charge is -2.08. The van der Waals surface area contributed by atoms with Crippen LogP contribution >= 0.6 is 0 Å². The second-order valence-electron chi connectivity index (χ2n) is 3.81. The summed E-state index contributed by atoms with van der Waals surface area (Å²) in [4.78, 5) is 1.47. The van der Waals surface area contributed by atoms with Gasteiger partial charge in [-0.2, -0.15) is 0 Å². The molecule has 17 heavy (non-hydrogen) atoms. The average molecular weight is 268 g/mol. The number of aryl methyl sites for hydroxylation is 1. The molecular formula is C11H17BF4S. The molecule has 1 aromatic carbocycles. The largest absolute Gasteiger partial charge is 0.673 e. The number of hydrogen-bond acceptors (Lipinski definition) is 0. The lowest BCUT2D eigenvalue weighted by Crippen LogP contribution is -2.02. The summed E-state index contributed by atoms with van der Waals surface area (Å²) in [6, 6.07) is 2.30. The van der Waals surface area contributed by atoms with Crippen LogP contribution in [-0.4, -0.2) is 13.5 Å². The van der Waals surface area contributed by atoms with Crippen molar-refractivity contribution in [1.29, 1.82) is 0 Å². The van der Waals surface area contributed by atoms with Crippen LogP contribution in [0.2, 0.25) is 0 Å². The maximum absolute atomic E-state index is 9.75. The van der Waals surface area contributed by atoms with E-state index in [2.05, 4.69) is 40.0 Å². The summed E-state index contributed by atoms with van der Waals surface area (Å²) in [6.45, 7) is 8.82. The van der Waals surface area contributed by atoms with Crippen LogP contribution in [0.5, 0.6) is 0 Å². The van der Waals surface area contributed by atoms with Gasteiger partial charge in [-0.3, -0.25) is 0 Å². The minimum atomic E-state index is -6.00. The van der Waals surface area contributed by atoms with E-state index in [4.69, 9.17) is 0 Å². The van der Waals surface area contributed by atoms with E-state index in [1.807, 2.05) is 0 Å². The molecule has 0 spiro atoms. The van der Waals surface area contributed by atoms with E-state index in [-0.39, 0.29) is 0 Å². The first-order chi connectivity index (χ1) is 7.57. The van der Waals surface area contributed by atoms with Crippen molar-refractivity contribution in [2.24, 2.45) is 0 Å². The van der Waals surface area contributed by atoms with Crippen LogP contribution in [0, 0.1) is 27.7 Å². The fraction of sp³-hybridized carbons (Fsp3) is 0.455. The molecule has 0 aliphatic carbocycles. The third kappa shape index (κ3) is 6.01. The van der Waals surface area contributed by atoms with Gasteiger partial charge < -0.3 is 17.3 Å². The van der Waals surface area contributed by atoms with Gasteiger partial charge in [-0.1, -0.05) is 0 Å². The molecule has 6 heteroatoms. The van der Waals surface area contributed by atoms with E-state index in [1.165, 1.54) is 38.9 Å². The first-order valence-electron chi connectivity index (χ1n) is 5.12. The van der Waals surface area contributed by atoms with Gasteiger partial charge in [0, 0.05) is 17.3 Å². The highest BCUT2D eigenvalue weighted by molar-refractivity contribution is 7.77. The van der Waals surface area contributed by atoms with Crippen LogP contribution in [0.4, 0.5) is 17.3 Å². The van der Waals surface area contributed by atoms with Crippen molar-refractivity contribution in [2.75, 3.05) is 6.26 Å². The third-order valence-corrected chi connectivity index (χ3v) is 3.64. The van der Waals surface area contributed by atoms with Crippen LogP contribution in [0.1, 0.15) is 22.3 Å². The summed E-state index contributed by atoms with van der Waals surface area (Å²) in [5.74, 6) is 0. The first-order valence-corrected chi connectivity index (χ1v) is 6.46. The second-order valence-corrected chi connectivity index (χ2v) is 4.74. The molecule has 0 fully saturated rings. The zero-order valence-electron chi connectivity index (χ0n) is 10.6. The summed E-state index contributed by atoms with van der Waals surface area (Å²) >= 11 is 1.38. The molecule has 0 atom stereocenters. The van der Waals surface area contributed by atoms with Gasteiger partial charge in [-0.15, -0.1) is 0 Å². The number of halogens is 4. The predicted octanol–water partition coefficient (Wildman–Crippen LogP) is 4.02. The predicted molar refractivity (Wildman–Crippen MR) is 68.5 cm³/mol. The molecule has 0 saturated heterocycles. The quantitative estimate of drug-likeness (QED) is 0.312. The van der Waals surface area contributed by atoms with Crippen LogP contribution < -0.4 is 0 Å². The van der Waals surface area contributed by atoms with Crippen molar-refractivity contribution in [3.8, 4) is 0 Å². The zero-order valence-corrected chi connectivity index (χ0v) is 11.5. The molecule has 0 bridgehead atoms. The first kappa shape index (κ1) is 16.4. The smallest absolute Gasteiger partial charge is 0.418 e. The summed E-state index contributed by atoms with van der Waals surface area (Å²) < 4.78 is 39.0. The Balaban J connectivity index is 0.000000437. The summed E-state index contributed by atoms with van der Waals surface area (Å²) in [6.07, 6.45) is 2.19. The molecule has 98 valence electrons. The van der Waals surface area contributed by atoms with Gasteiger partial charge in [-0.25, -0.2) is 0 Å². The molecule has 0 amide bonds. The number of thiol groups is 1. The van der Waals surface area contributed by atoms with Gasteiger partial charge >= 0.3 is 7.25 Å². The second kappa shape index (κ2) is 6.33. The van der Waals surface area contributed by atoms with Crippen LogP contribution in [-0.2, 0) is 11.8 Å². The lowest BCUT2D eigenvalue weighted by atomic mass is 10.00. The Labute approximate surface area is 104 Å². The molecular weight excluding hydrogens is 251 g/mol. The van der Waals surface area contributed by atoms with E-state index < -0.39 is 7.25 Å². The molecule has 0 saturated carbocycles. The van der Waals surface area contributed by atoms with E-state index in [1.54, 1.807) is 0 Å². The van der Waals surface area contributed by atoms with E-state index >= 15 is 0 Å². The van der Waals surface area contributed by atoms with Gasteiger partial charge in [0.15, 0.2) is 4.90 Å². The van der Waals surface area contributed by atoms with Crippen molar-refractivity contribution < 1.29 is 17.3 Å². The average Bonchev–Trinajstić information content (AvgIpc) is 2.18. The van der Waals surface area contributed by atoms with Gasteiger partial charge in [0.2, 0.25) is 0 Å². The van der Waals surface area contributed by atoms with E-state index in [9.17, 15) is 17.3 Å². The maximum Gasteiger partial charge on any atom is 0.673 e. The Morgan fingerprint density at radius 2 is 1.29 bits per heavy atom. The SMILES string of the molecule is C[SH+]c1cc(C)c(C)c(C)c1C.F[B-](F)(F)F. The van der Waals surface area contributed by atoms with Gasteiger partial charge in [0.1, 0.15) is 6.26 Å². The lowest BCUT2D eigenvalue weighted by molar-refractivity contribution is 0.368. The molecule has 0 radical (unpaired) electrons. The van der Waals surface area contributed by atoms with Crippen LogP contribution in [0.3, 0.4) is 0 Å². The van der Waals surface area contributed by atoms with Gasteiger partial charge in [0.25, 0.3) is 0 Å². The zero-order chi connectivity index (χ0) is 13.8. The highest BCUT2D eigenvalue weighted by Crippen LogP contribution is 2.21. The van der Waals surface area contributed by atoms with E-state index in [0.29, 0.717) is 0 Å². The maximum atomic E-state index is 9.75. The summed E-state index contributed by atoms with van der Waals surface area (Å²) in [5.41, 5.74) is 5.78. The summed E-state index contributed by atoms with van der Waals surface area (Å²) in [7, 11) is -6.00. The Hall–Kier alpha value is -0.645. The molecule has 1 rings (SSSR count).